The van der Waals surface area contributed by atoms with Gasteiger partial charge < -0.3 is 0 Å². The lowest BCUT2D eigenvalue weighted by molar-refractivity contribution is -0.394. The lowest BCUT2D eigenvalue weighted by Crippen LogP contribution is -2.04. The smallest absolute Gasteiger partial charge is 0.277 e. The molecule has 0 atom stereocenters. The SMILES string of the molecule is O=C(c1cccc([N+](=O)[O-])c1)c1cc([N+](=O)[O-])cc([N+](=O)[O-])c1. The van der Waals surface area contributed by atoms with Gasteiger partial charge in [0.15, 0.2) is 5.78 Å². The molecule has 0 heterocycles. The van der Waals surface area contributed by atoms with E-state index in [0.717, 1.165) is 24.3 Å². The van der Waals surface area contributed by atoms with Crippen molar-refractivity contribution in [3.8, 4) is 0 Å². The summed E-state index contributed by atoms with van der Waals surface area (Å²) in [5.41, 5.74) is -1.97. The number of carbonyl (C=O) groups excluding carboxylic acids is 1. The van der Waals surface area contributed by atoms with Crippen LogP contribution in [0.2, 0.25) is 0 Å². The van der Waals surface area contributed by atoms with Gasteiger partial charge in [0.05, 0.1) is 20.8 Å². The third-order valence-corrected chi connectivity index (χ3v) is 2.91. The highest BCUT2D eigenvalue weighted by Crippen LogP contribution is 2.25. The second kappa shape index (κ2) is 5.97. The Morgan fingerprint density at radius 3 is 1.65 bits per heavy atom. The third kappa shape index (κ3) is 3.32. The van der Waals surface area contributed by atoms with Crippen molar-refractivity contribution >= 4 is 22.8 Å². The predicted molar refractivity (Wildman–Crippen MR) is 76.3 cm³/mol. The van der Waals surface area contributed by atoms with Crippen molar-refractivity contribution < 1.29 is 19.6 Å². The summed E-state index contributed by atoms with van der Waals surface area (Å²) in [7, 11) is 0. The van der Waals surface area contributed by atoms with Crippen LogP contribution in [-0.2, 0) is 0 Å². The summed E-state index contributed by atoms with van der Waals surface area (Å²) in [6.45, 7) is 0. The number of nitrogens with zero attached hydrogens (tertiary/aromatic N) is 3. The minimum absolute atomic E-state index is 0.103. The van der Waals surface area contributed by atoms with Gasteiger partial charge in [-0.25, -0.2) is 0 Å². The molecule has 10 heteroatoms. The summed E-state index contributed by atoms with van der Waals surface area (Å²) < 4.78 is 0. The third-order valence-electron chi connectivity index (χ3n) is 2.91. The van der Waals surface area contributed by atoms with Crippen LogP contribution in [0.25, 0.3) is 0 Å². The molecular weight excluding hydrogens is 310 g/mol. The Bertz CT molecular complexity index is 815. The van der Waals surface area contributed by atoms with Gasteiger partial charge in [-0.1, -0.05) is 12.1 Å². The summed E-state index contributed by atoms with van der Waals surface area (Å²) in [5, 5.41) is 32.3. The van der Waals surface area contributed by atoms with Gasteiger partial charge in [-0.3, -0.25) is 35.1 Å². The fourth-order valence-electron chi connectivity index (χ4n) is 1.86. The molecule has 0 unspecified atom stereocenters. The van der Waals surface area contributed by atoms with Crippen LogP contribution in [0.5, 0.6) is 0 Å². The van der Waals surface area contributed by atoms with Crippen LogP contribution in [-0.4, -0.2) is 20.6 Å². The normalized spacial score (nSPS) is 10.1. The average molecular weight is 317 g/mol. The maximum absolute atomic E-state index is 12.3. The van der Waals surface area contributed by atoms with Gasteiger partial charge in [-0.15, -0.1) is 0 Å². The van der Waals surface area contributed by atoms with Crippen LogP contribution in [0.4, 0.5) is 17.1 Å². The number of non-ortho nitro benzene ring substituents is 3. The summed E-state index contributed by atoms with van der Waals surface area (Å²) in [5.74, 6) is -0.791. The van der Waals surface area contributed by atoms with Crippen LogP contribution in [0, 0.1) is 30.3 Å². The van der Waals surface area contributed by atoms with E-state index in [-0.39, 0.29) is 16.8 Å². The zero-order valence-electron chi connectivity index (χ0n) is 11.2. The van der Waals surface area contributed by atoms with Crippen molar-refractivity contribution in [1.82, 2.24) is 0 Å². The van der Waals surface area contributed by atoms with E-state index in [9.17, 15) is 35.1 Å². The number of ketones is 1. The molecule has 0 aromatic heterocycles. The summed E-state index contributed by atoms with van der Waals surface area (Å²) >= 11 is 0. The first-order valence-corrected chi connectivity index (χ1v) is 6.02. The number of hydrogen-bond acceptors (Lipinski definition) is 7. The van der Waals surface area contributed by atoms with Crippen molar-refractivity contribution in [1.29, 1.82) is 0 Å². The number of benzene rings is 2. The Labute approximate surface area is 127 Å². The highest BCUT2D eigenvalue weighted by atomic mass is 16.6. The van der Waals surface area contributed by atoms with E-state index in [1.807, 2.05) is 0 Å². The van der Waals surface area contributed by atoms with Crippen LogP contribution in [0.15, 0.2) is 42.5 Å². The number of rotatable bonds is 5. The molecule has 0 radical (unpaired) electrons. The quantitative estimate of drug-likeness (QED) is 0.467. The molecule has 2 rings (SSSR count). The van der Waals surface area contributed by atoms with E-state index >= 15 is 0 Å². The van der Waals surface area contributed by atoms with E-state index in [1.165, 1.54) is 18.2 Å². The first-order chi connectivity index (χ1) is 10.8. The Hall–Kier alpha value is -3.69. The molecule has 0 aliphatic carbocycles. The van der Waals surface area contributed by atoms with Crippen LogP contribution >= 0.6 is 0 Å². The lowest BCUT2D eigenvalue weighted by atomic mass is 10.0. The van der Waals surface area contributed by atoms with Gasteiger partial charge in [-0.05, 0) is 0 Å². The molecule has 23 heavy (non-hydrogen) atoms. The molecule has 2 aromatic carbocycles. The van der Waals surface area contributed by atoms with E-state index < -0.39 is 31.9 Å². The fraction of sp³-hybridized carbons (Fsp3) is 0. The van der Waals surface area contributed by atoms with Gasteiger partial charge in [0.1, 0.15) is 0 Å². The first-order valence-electron chi connectivity index (χ1n) is 6.02. The molecule has 0 spiro atoms. The number of nitro benzene ring substituents is 3. The molecule has 0 saturated carbocycles. The van der Waals surface area contributed by atoms with E-state index in [0.29, 0.717) is 0 Å². The van der Waals surface area contributed by atoms with Crippen molar-refractivity contribution in [2.24, 2.45) is 0 Å². The topological polar surface area (TPSA) is 146 Å². The van der Waals surface area contributed by atoms with Gasteiger partial charge in [0.2, 0.25) is 0 Å². The minimum Gasteiger partial charge on any atom is -0.289 e. The van der Waals surface area contributed by atoms with Gasteiger partial charge in [0, 0.05) is 35.4 Å². The molecule has 0 fully saturated rings. The molecular formula is C13H7N3O7. The predicted octanol–water partition coefficient (Wildman–Crippen LogP) is 2.64. The lowest BCUT2D eigenvalue weighted by Gasteiger charge is -2.02. The molecule has 2 aromatic rings. The standard InChI is InChI=1S/C13H7N3O7/c17-13(8-2-1-3-10(4-8)14(18)19)9-5-11(15(20)21)7-12(6-9)16(22)23/h1-7H. The minimum atomic E-state index is -0.864. The van der Waals surface area contributed by atoms with E-state index in [4.69, 9.17) is 0 Å². The molecule has 116 valence electrons. The first kappa shape index (κ1) is 15.7. The Balaban J connectivity index is 2.54. The highest BCUT2D eigenvalue weighted by Gasteiger charge is 2.21. The van der Waals surface area contributed by atoms with Crippen molar-refractivity contribution in [2.75, 3.05) is 0 Å². The Kier molecular flexibility index (Phi) is 4.07. The molecule has 0 bridgehead atoms. The van der Waals surface area contributed by atoms with Crippen LogP contribution in [0.3, 0.4) is 0 Å². The van der Waals surface area contributed by atoms with Gasteiger partial charge in [0.25, 0.3) is 17.1 Å². The zero-order chi connectivity index (χ0) is 17.1. The van der Waals surface area contributed by atoms with Crippen molar-refractivity contribution in [3.63, 3.8) is 0 Å². The Morgan fingerprint density at radius 2 is 1.17 bits per heavy atom. The van der Waals surface area contributed by atoms with Gasteiger partial charge >= 0.3 is 0 Å². The van der Waals surface area contributed by atoms with Crippen LogP contribution in [0.1, 0.15) is 15.9 Å². The fourth-order valence-corrected chi connectivity index (χ4v) is 1.86. The molecule has 10 nitrogen and oxygen atoms in total. The average Bonchev–Trinajstić information content (AvgIpc) is 2.53. The largest absolute Gasteiger partial charge is 0.289 e. The summed E-state index contributed by atoms with van der Waals surface area (Å²) in [4.78, 5) is 42.2. The van der Waals surface area contributed by atoms with E-state index in [1.54, 1.807) is 0 Å². The molecule has 0 amide bonds. The molecule has 0 aliphatic rings. The second-order valence-corrected chi connectivity index (χ2v) is 4.39. The van der Waals surface area contributed by atoms with Crippen molar-refractivity contribution in [3.05, 3.63) is 83.9 Å². The highest BCUT2D eigenvalue weighted by molar-refractivity contribution is 6.10. The molecule has 0 aliphatic heterocycles. The summed E-state index contributed by atoms with van der Waals surface area (Å²) in [6, 6.07) is 7.21. The number of nitro groups is 3. The van der Waals surface area contributed by atoms with Gasteiger partial charge in [-0.2, -0.15) is 0 Å². The summed E-state index contributed by atoms with van der Waals surface area (Å²) in [6.07, 6.45) is 0. The Morgan fingerprint density at radius 1 is 0.696 bits per heavy atom. The van der Waals surface area contributed by atoms with Crippen LogP contribution < -0.4 is 0 Å². The zero-order valence-corrected chi connectivity index (χ0v) is 11.2. The maximum atomic E-state index is 12.3. The number of hydrogen-bond donors (Lipinski definition) is 0. The second-order valence-electron chi connectivity index (χ2n) is 4.39. The molecule has 0 saturated heterocycles. The maximum Gasteiger partial charge on any atom is 0.277 e. The van der Waals surface area contributed by atoms with Crippen molar-refractivity contribution in [2.45, 2.75) is 0 Å². The number of carbonyl (C=O) groups is 1. The monoisotopic (exact) mass is 317 g/mol. The van der Waals surface area contributed by atoms with E-state index in [2.05, 4.69) is 0 Å². The molecule has 0 N–H and O–H groups in total.